The van der Waals surface area contributed by atoms with Gasteiger partial charge in [-0.25, -0.2) is 0 Å². The first-order valence-corrected chi connectivity index (χ1v) is 6.89. The Morgan fingerprint density at radius 3 is 2.41 bits per heavy atom. The first kappa shape index (κ1) is 14.5. The highest BCUT2D eigenvalue weighted by molar-refractivity contribution is 5.03. The van der Waals surface area contributed by atoms with E-state index in [0.29, 0.717) is 0 Å². The molecule has 1 saturated heterocycles. The van der Waals surface area contributed by atoms with E-state index < -0.39 is 0 Å². The lowest BCUT2D eigenvalue weighted by Gasteiger charge is -2.24. The molecule has 1 aliphatic heterocycles. The zero-order valence-corrected chi connectivity index (χ0v) is 11.8. The topological polar surface area (TPSA) is 39.1 Å². The molecule has 1 aliphatic rings. The van der Waals surface area contributed by atoms with Crippen LogP contribution in [-0.4, -0.2) is 36.6 Å². The van der Waals surface area contributed by atoms with Gasteiger partial charge in [-0.15, -0.1) is 0 Å². The zero-order valence-electron chi connectivity index (χ0n) is 11.8. The van der Waals surface area contributed by atoms with Gasteiger partial charge in [0.2, 0.25) is 0 Å². The highest BCUT2D eigenvalue weighted by atomic mass is 15.1. The Morgan fingerprint density at radius 1 is 1.35 bits per heavy atom. The molecule has 3 atom stereocenters. The molecule has 0 aromatic heterocycles. The van der Waals surface area contributed by atoms with Crippen LogP contribution in [0.4, 0.5) is 0 Å². The van der Waals surface area contributed by atoms with Gasteiger partial charge in [0.1, 0.15) is 5.54 Å². The van der Waals surface area contributed by atoms with Crippen LogP contribution in [0.1, 0.15) is 40.5 Å². The lowest BCUT2D eigenvalue weighted by atomic mass is 9.97. The number of hydrogen-bond acceptors (Lipinski definition) is 3. The second-order valence-corrected chi connectivity index (χ2v) is 5.79. The highest BCUT2D eigenvalue weighted by Crippen LogP contribution is 2.22. The number of hydrogen-bond donors (Lipinski definition) is 1. The Balaban J connectivity index is 2.26. The maximum atomic E-state index is 9.17. The summed E-state index contributed by atoms with van der Waals surface area (Å²) in [6.45, 7) is 13.2. The third kappa shape index (κ3) is 4.29. The minimum Gasteiger partial charge on any atom is -0.303 e. The molecule has 1 N–H and O–H groups in total. The molecule has 98 valence electrons. The lowest BCUT2D eigenvalue weighted by molar-refractivity contribution is 0.297. The van der Waals surface area contributed by atoms with Crippen molar-refractivity contribution in [2.75, 3.05) is 26.2 Å². The third-order valence-electron chi connectivity index (χ3n) is 4.03. The van der Waals surface area contributed by atoms with Crippen molar-refractivity contribution in [3.63, 3.8) is 0 Å². The van der Waals surface area contributed by atoms with Crippen molar-refractivity contribution in [2.24, 2.45) is 11.8 Å². The Kier molecular flexibility index (Phi) is 5.42. The SMILES string of the molecule is CCNC(C)(C#N)CCCN1CC(C)C(C)C1. The maximum Gasteiger partial charge on any atom is 0.103 e. The Labute approximate surface area is 106 Å². The van der Waals surface area contributed by atoms with Gasteiger partial charge in [0.25, 0.3) is 0 Å². The van der Waals surface area contributed by atoms with Crippen molar-refractivity contribution >= 4 is 0 Å². The normalized spacial score (nSPS) is 28.9. The fourth-order valence-electron chi connectivity index (χ4n) is 2.66. The van der Waals surface area contributed by atoms with Crippen LogP contribution in [0.15, 0.2) is 0 Å². The monoisotopic (exact) mass is 237 g/mol. The molecule has 0 saturated carbocycles. The van der Waals surface area contributed by atoms with Crippen LogP contribution >= 0.6 is 0 Å². The van der Waals surface area contributed by atoms with E-state index in [9.17, 15) is 0 Å². The molecule has 0 aromatic carbocycles. The van der Waals surface area contributed by atoms with Gasteiger partial charge in [-0.3, -0.25) is 5.32 Å². The largest absolute Gasteiger partial charge is 0.303 e. The van der Waals surface area contributed by atoms with Crippen molar-refractivity contribution in [3.8, 4) is 6.07 Å². The molecular weight excluding hydrogens is 210 g/mol. The molecule has 1 rings (SSSR count). The Morgan fingerprint density at radius 2 is 1.94 bits per heavy atom. The van der Waals surface area contributed by atoms with Crippen LogP contribution in [-0.2, 0) is 0 Å². The number of rotatable bonds is 6. The first-order chi connectivity index (χ1) is 8.00. The zero-order chi connectivity index (χ0) is 12.9. The van der Waals surface area contributed by atoms with Crippen molar-refractivity contribution in [2.45, 2.75) is 46.1 Å². The molecule has 3 heteroatoms. The average molecular weight is 237 g/mol. The molecule has 17 heavy (non-hydrogen) atoms. The predicted octanol–water partition coefficient (Wildman–Crippen LogP) is 2.25. The first-order valence-electron chi connectivity index (χ1n) is 6.89. The number of nitrogens with one attached hydrogen (secondary N) is 1. The van der Waals surface area contributed by atoms with E-state index in [-0.39, 0.29) is 5.54 Å². The van der Waals surface area contributed by atoms with Gasteiger partial charge >= 0.3 is 0 Å². The summed E-state index contributed by atoms with van der Waals surface area (Å²) >= 11 is 0. The van der Waals surface area contributed by atoms with E-state index in [4.69, 9.17) is 5.26 Å². The van der Waals surface area contributed by atoms with Gasteiger partial charge in [0.15, 0.2) is 0 Å². The molecule has 3 nitrogen and oxygen atoms in total. The summed E-state index contributed by atoms with van der Waals surface area (Å²) in [6.07, 6.45) is 2.05. The molecule has 3 unspecified atom stereocenters. The summed E-state index contributed by atoms with van der Waals surface area (Å²) in [7, 11) is 0. The lowest BCUT2D eigenvalue weighted by Crippen LogP contribution is -2.41. The molecule has 1 fully saturated rings. The summed E-state index contributed by atoms with van der Waals surface area (Å²) in [5.41, 5.74) is -0.342. The summed E-state index contributed by atoms with van der Waals surface area (Å²) in [4.78, 5) is 2.54. The van der Waals surface area contributed by atoms with Crippen LogP contribution in [0.25, 0.3) is 0 Å². The molecule has 1 heterocycles. The van der Waals surface area contributed by atoms with E-state index in [1.807, 2.05) is 6.92 Å². The standard InChI is InChI=1S/C14H27N3/c1-5-16-14(4,11-15)7-6-8-17-9-12(2)13(3)10-17/h12-13,16H,5-10H2,1-4H3. The molecule has 0 aliphatic carbocycles. The maximum absolute atomic E-state index is 9.17. The number of nitriles is 1. The summed E-state index contributed by atoms with van der Waals surface area (Å²) in [5, 5.41) is 12.4. The van der Waals surface area contributed by atoms with E-state index in [0.717, 1.165) is 37.8 Å². The van der Waals surface area contributed by atoms with Crippen LogP contribution in [0.2, 0.25) is 0 Å². The van der Waals surface area contributed by atoms with Crippen molar-refractivity contribution in [1.82, 2.24) is 10.2 Å². The van der Waals surface area contributed by atoms with Gasteiger partial charge in [-0.2, -0.15) is 5.26 Å². The second kappa shape index (κ2) is 6.37. The summed E-state index contributed by atoms with van der Waals surface area (Å²) in [6, 6.07) is 2.39. The number of nitrogens with zero attached hydrogens (tertiary/aromatic N) is 2. The summed E-state index contributed by atoms with van der Waals surface area (Å²) < 4.78 is 0. The van der Waals surface area contributed by atoms with Crippen LogP contribution in [0.5, 0.6) is 0 Å². The summed E-state index contributed by atoms with van der Waals surface area (Å²) in [5.74, 6) is 1.65. The predicted molar refractivity (Wildman–Crippen MR) is 71.7 cm³/mol. The second-order valence-electron chi connectivity index (χ2n) is 5.79. The third-order valence-corrected chi connectivity index (χ3v) is 4.03. The van der Waals surface area contributed by atoms with Crippen molar-refractivity contribution < 1.29 is 0 Å². The molecule has 0 bridgehead atoms. The van der Waals surface area contributed by atoms with Crippen molar-refractivity contribution in [1.29, 1.82) is 5.26 Å². The fourth-order valence-corrected chi connectivity index (χ4v) is 2.66. The minimum absolute atomic E-state index is 0.342. The molecule has 0 aromatic rings. The van der Waals surface area contributed by atoms with E-state index >= 15 is 0 Å². The van der Waals surface area contributed by atoms with Gasteiger partial charge in [-0.05, 0) is 44.7 Å². The Hall–Kier alpha value is -0.590. The number of likely N-dealkylation sites (tertiary alicyclic amines) is 1. The van der Waals surface area contributed by atoms with Crippen LogP contribution in [0, 0.1) is 23.2 Å². The van der Waals surface area contributed by atoms with Crippen LogP contribution < -0.4 is 5.32 Å². The molecule has 0 radical (unpaired) electrons. The van der Waals surface area contributed by atoms with Crippen LogP contribution in [0.3, 0.4) is 0 Å². The van der Waals surface area contributed by atoms with Gasteiger partial charge in [-0.1, -0.05) is 20.8 Å². The van der Waals surface area contributed by atoms with Crippen molar-refractivity contribution in [3.05, 3.63) is 0 Å². The van der Waals surface area contributed by atoms with E-state index in [2.05, 4.69) is 37.1 Å². The Bertz CT molecular complexity index is 261. The fraction of sp³-hybridized carbons (Fsp3) is 0.929. The van der Waals surface area contributed by atoms with Gasteiger partial charge < -0.3 is 4.90 Å². The quantitative estimate of drug-likeness (QED) is 0.770. The molecular formula is C14H27N3. The average Bonchev–Trinajstić information content (AvgIpc) is 2.59. The van der Waals surface area contributed by atoms with Gasteiger partial charge in [0.05, 0.1) is 6.07 Å². The smallest absolute Gasteiger partial charge is 0.103 e. The van der Waals surface area contributed by atoms with E-state index in [1.54, 1.807) is 0 Å². The minimum atomic E-state index is -0.342. The molecule has 0 spiro atoms. The van der Waals surface area contributed by atoms with Gasteiger partial charge in [0, 0.05) is 13.1 Å². The highest BCUT2D eigenvalue weighted by Gasteiger charge is 2.27. The van der Waals surface area contributed by atoms with E-state index in [1.165, 1.54) is 13.1 Å². The molecule has 0 amide bonds.